The maximum Gasteiger partial charge on any atom is 0.335 e. The van der Waals surface area contributed by atoms with Gasteiger partial charge in [-0.05, 0) is 31.2 Å². The molecule has 1 unspecified atom stereocenters. The van der Waals surface area contributed by atoms with Crippen molar-refractivity contribution in [1.82, 2.24) is 4.90 Å². The standard InChI is InChI=1S/C16H21NO4S/c1-3-8-20-12(2)16(19)21-11-15(18)17(13-6-7-13)10-14-5-4-9-22-14/h3-5,9,12-13H,1,6-8,10-11H2,2H3. The molecule has 1 aliphatic rings. The molecule has 1 heterocycles. The first kappa shape index (κ1) is 16.7. The van der Waals surface area contributed by atoms with Crippen molar-refractivity contribution in [2.45, 2.75) is 38.5 Å². The number of rotatable bonds is 9. The van der Waals surface area contributed by atoms with Crippen LogP contribution in [0, 0.1) is 0 Å². The van der Waals surface area contributed by atoms with E-state index < -0.39 is 12.1 Å². The molecular formula is C16H21NO4S. The molecule has 1 aromatic heterocycles. The molecule has 22 heavy (non-hydrogen) atoms. The summed E-state index contributed by atoms with van der Waals surface area (Å²) < 4.78 is 10.2. The fraction of sp³-hybridized carbons (Fsp3) is 0.500. The van der Waals surface area contributed by atoms with Crippen molar-refractivity contribution in [3.63, 3.8) is 0 Å². The summed E-state index contributed by atoms with van der Waals surface area (Å²) in [7, 11) is 0. The van der Waals surface area contributed by atoms with Gasteiger partial charge in [0.25, 0.3) is 5.91 Å². The van der Waals surface area contributed by atoms with Crippen molar-refractivity contribution in [3.05, 3.63) is 35.0 Å². The maximum absolute atomic E-state index is 12.3. The Labute approximate surface area is 134 Å². The van der Waals surface area contributed by atoms with E-state index in [0.29, 0.717) is 6.54 Å². The minimum Gasteiger partial charge on any atom is -0.454 e. The van der Waals surface area contributed by atoms with E-state index >= 15 is 0 Å². The lowest BCUT2D eigenvalue weighted by Gasteiger charge is -2.22. The van der Waals surface area contributed by atoms with Crippen LogP contribution in [0.1, 0.15) is 24.6 Å². The minimum absolute atomic E-state index is 0.153. The molecule has 6 heteroatoms. The molecule has 0 N–H and O–H groups in total. The summed E-state index contributed by atoms with van der Waals surface area (Å²) in [5.41, 5.74) is 0. The fourth-order valence-corrected chi connectivity index (χ4v) is 2.69. The number of hydrogen-bond acceptors (Lipinski definition) is 5. The Morgan fingerprint density at radius 2 is 2.32 bits per heavy atom. The third-order valence-electron chi connectivity index (χ3n) is 3.35. The molecule has 0 spiro atoms. The van der Waals surface area contributed by atoms with Gasteiger partial charge in [0.15, 0.2) is 12.7 Å². The molecule has 1 aromatic rings. The summed E-state index contributed by atoms with van der Waals surface area (Å²) in [4.78, 5) is 27.0. The van der Waals surface area contributed by atoms with Crippen molar-refractivity contribution < 1.29 is 19.1 Å². The van der Waals surface area contributed by atoms with E-state index in [0.717, 1.165) is 17.7 Å². The highest BCUT2D eigenvalue weighted by molar-refractivity contribution is 7.09. The predicted molar refractivity (Wildman–Crippen MR) is 84.5 cm³/mol. The topological polar surface area (TPSA) is 55.8 Å². The summed E-state index contributed by atoms with van der Waals surface area (Å²) >= 11 is 1.62. The molecule has 1 amide bonds. The molecule has 1 saturated carbocycles. The molecule has 1 atom stereocenters. The molecule has 0 bridgehead atoms. The quantitative estimate of drug-likeness (QED) is 0.517. The number of hydrogen-bond donors (Lipinski definition) is 0. The first-order valence-electron chi connectivity index (χ1n) is 7.32. The monoisotopic (exact) mass is 323 g/mol. The van der Waals surface area contributed by atoms with Crippen molar-refractivity contribution in [2.75, 3.05) is 13.2 Å². The number of amides is 1. The van der Waals surface area contributed by atoms with E-state index in [1.807, 2.05) is 17.5 Å². The van der Waals surface area contributed by atoms with E-state index in [2.05, 4.69) is 6.58 Å². The van der Waals surface area contributed by atoms with Crippen LogP contribution in [0.25, 0.3) is 0 Å². The smallest absolute Gasteiger partial charge is 0.335 e. The highest BCUT2D eigenvalue weighted by Gasteiger charge is 2.33. The Morgan fingerprint density at radius 3 is 2.91 bits per heavy atom. The van der Waals surface area contributed by atoms with E-state index in [1.165, 1.54) is 0 Å². The highest BCUT2D eigenvalue weighted by Crippen LogP contribution is 2.29. The van der Waals surface area contributed by atoms with Crippen LogP contribution in [-0.2, 0) is 25.6 Å². The van der Waals surface area contributed by atoms with Gasteiger partial charge in [-0.1, -0.05) is 12.1 Å². The number of carbonyl (C=O) groups excluding carboxylic acids is 2. The van der Waals surface area contributed by atoms with Crippen LogP contribution in [0.2, 0.25) is 0 Å². The molecule has 0 saturated heterocycles. The van der Waals surface area contributed by atoms with Crippen molar-refractivity contribution in [3.8, 4) is 0 Å². The zero-order chi connectivity index (χ0) is 15.9. The van der Waals surface area contributed by atoms with Crippen LogP contribution in [0.3, 0.4) is 0 Å². The molecular weight excluding hydrogens is 302 g/mol. The van der Waals surface area contributed by atoms with Gasteiger partial charge in [-0.15, -0.1) is 17.9 Å². The lowest BCUT2D eigenvalue weighted by atomic mass is 10.3. The lowest BCUT2D eigenvalue weighted by molar-refractivity contribution is -0.161. The third kappa shape index (κ3) is 4.96. The van der Waals surface area contributed by atoms with E-state index in [-0.39, 0.29) is 25.2 Å². The Kier molecular flexibility index (Phi) is 6.15. The lowest BCUT2D eigenvalue weighted by Crippen LogP contribution is -2.37. The summed E-state index contributed by atoms with van der Waals surface area (Å²) in [6.45, 7) is 5.74. The Bertz CT molecular complexity index is 510. The third-order valence-corrected chi connectivity index (χ3v) is 4.21. The summed E-state index contributed by atoms with van der Waals surface area (Å²) in [5.74, 6) is -0.678. The zero-order valence-electron chi connectivity index (χ0n) is 12.7. The van der Waals surface area contributed by atoms with Gasteiger partial charge in [0, 0.05) is 10.9 Å². The Balaban J connectivity index is 1.81. The van der Waals surface area contributed by atoms with Crippen LogP contribution in [0.5, 0.6) is 0 Å². The highest BCUT2D eigenvalue weighted by atomic mass is 32.1. The second-order valence-corrected chi connectivity index (χ2v) is 6.24. The van der Waals surface area contributed by atoms with Gasteiger partial charge in [0.05, 0.1) is 13.2 Å². The molecule has 5 nitrogen and oxygen atoms in total. The summed E-state index contributed by atoms with van der Waals surface area (Å²) in [6.07, 6.45) is 2.90. The second-order valence-electron chi connectivity index (χ2n) is 5.20. The van der Waals surface area contributed by atoms with E-state index in [9.17, 15) is 9.59 Å². The largest absolute Gasteiger partial charge is 0.454 e. The van der Waals surface area contributed by atoms with Gasteiger partial charge in [-0.2, -0.15) is 0 Å². The molecule has 0 aromatic carbocycles. The zero-order valence-corrected chi connectivity index (χ0v) is 13.5. The molecule has 0 radical (unpaired) electrons. The van der Waals surface area contributed by atoms with Gasteiger partial charge in [-0.3, -0.25) is 4.79 Å². The molecule has 120 valence electrons. The normalized spacial score (nSPS) is 15.1. The van der Waals surface area contributed by atoms with E-state index in [1.54, 1.807) is 29.2 Å². The SMILES string of the molecule is C=CCOC(C)C(=O)OCC(=O)N(Cc1cccs1)C1CC1. The average molecular weight is 323 g/mol. The number of esters is 1. The molecule has 1 aliphatic carbocycles. The number of nitrogens with zero attached hydrogens (tertiary/aromatic N) is 1. The van der Waals surface area contributed by atoms with Crippen LogP contribution in [0.15, 0.2) is 30.2 Å². The van der Waals surface area contributed by atoms with Gasteiger partial charge < -0.3 is 14.4 Å². The maximum atomic E-state index is 12.3. The number of thiophene rings is 1. The summed E-state index contributed by atoms with van der Waals surface area (Å²) in [5, 5.41) is 1.99. The van der Waals surface area contributed by atoms with Crippen LogP contribution >= 0.6 is 11.3 Å². The Hall–Kier alpha value is -1.66. The predicted octanol–water partition coefficient (Wildman–Crippen LogP) is 2.37. The van der Waals surface area contributed by atoms with E-state index in [4.69, 9.17) is 9.47 Å². The molecule has 0 aliphatic heterocycles. The van der Waals surface area contributed by atoms with Crippen molar-refractivity contribution in [2.24, 2.45) is 0 Å². The van der Waals surface area contributed by atoms with Crippen LogP contribution < -0.4 is 0 Å². The van der Waals surface area contributed by atoms with Crippen molar-refractivity contribution >= 4 is 23.2 Å². The first-order chi connectivity index (χ1) is 10.6. The number of ether oxygens (including phenoxy) is 2. The Morgan fingerprint density at radius 1 is 1.55 bits per heavy atom. The molecule has 2 rings (SSSR count). The van der Waals surface area contributed by atoms with Crippen LogP contribution in [-0.4, -0.2) is 42.1 Å². The van der Waals surface area contributed by atoms with Gasteiger partial charge in [0.1, 0.15) is 0 Å². The minimum atomic E-state index is -0.697. The second kappa shape index (κ2) is 8.10. The summed E-state index contributed by atoms with van der Waals surface area (Å²) in [6, 6.07) is 4.25. The van der Waals surface area contributed by atoms with Gasteiger partial charge in [-0.25, -0.2) is 4.79 Å². The fourth-order valence-electron chi connectivity index (χ4n) is 1.99. The van der Waals surface area contributed by atoms with Crippen LogP contribution in [0.4, 0.5) is 0 Å². The van der Waals surface area contributed by atoms with Crippen molar-refractivity contribution in [1.29, 1.82) is 0 Å². The molecule has 1 fully saturated rings. The number of carbonyl (C=O) groups is 2. The first-order valence-corrected chi connectivity index (χ1v) is 8.20. The average Bonchev–Trinajstić information content (AvgIpc) is 3.23. The van der Waals surface area contributed by atoms with Gasteiger partial charge in [0.2, 0.25) is 0 Å². The van der Waals surface area contributed by atoms with Gasteiger partial charge >= 0.3 is 5.97 Å².